The van der Waals surface area contributed by atoms with Crippen LogP contribution in [0.2, 0.25) is 0 Å². The first-order valence-corrected chi connectivity index (χ1v) is 14.8. The SMILES string of the molecule is CCCCCCCCOC(=O)Oc1c([C@@H](C(=O)OCC)C(C)(C(=O)OC)C(=O)OC)c2ccccc2n1C(=O)OC(C)(C)C. The van der Waals surface area contributed by atoms with Crippen LogP contribution in [0.4, 0.5) is 9.59 Å². The summed E-state index contributed by atoms with van der Waals surface area (Å²) in [6.45, 7) is 9.72. The molecule has 244 valence electrons. The molecule has 1 aromatic heterocycles. The van der Waals surface area contributed by atoms with E-state index in [4.69, 9.17) is 28.4 Å². The number of esters is 3. The highest BCUT2D eigenvalue weighted by molar-refractivity contribution is 6.08. The Morgan fingerprint density at radius 2 is 1.41 bits per heavy atom. The first-order chi connectivity index (χ1) is 20.8. The molecule has 0 amide bonds. The molecule has 0 aliphatic rings. The second-order valence-corrected chi connectivity index (χ2v) is 11.4. The molecule has 12 heteroatoms. The van der Waals surface area contributed by atoms with Crippen LogP contribution >= 0.6 is 0 Å². The summed E-state index contributed by atoms with van der Waals surface area (Å²) >= 11 is 0. The lowest BCUT2D eigenvalue weighted by atomic mass is 9.72. The number of hydrogen-bond donors (Lipinski definition) is 0. The van der Waals surface area contributed by atoms with Gasteiger partial charge >= 0.3 is 30.2 Å². The van der Waals surface area contributed by atoms with Crippen LogP contribution in [0, 0.1) is 5.41 Å². The van der Waals surface area contributed by atoms with Gasteiger partial charge in [0.2, 0.25) is 5.88 Å². The third-order valence-corrected chi connectivity index (χ3v) is 6.95. The van der Waals surface area contributed by atoms with Crippen LogP contribution < -0.4 is 4.74 Å². The van der Waals surface area contributed by atoms with E-state index in [2.05, 4.69) is 6.92 Å². The lowest BCUT2D eigenvalue weighted by Crippen LogP contribution is -2.47. The first-order valence-electron chi connectivity index (χ1n) is 14.8. The molecule has 0 radical (unpaired) electrons. The van der Waals surface area contributed by atoms with Crippen molar-refractivity contribution in [2.45, 2.75) is 91.6 Å². The molecule has 0 aliphatic heterocycles. The van der Waals surface area contributed by atoms with Gasteiger partial charge in [0.05, 0.1) is 33.0 Å². The van der Waals surface area contributed by atoms with E-state index in [0.717, 1.165) is 57.8 Å². The predicted octanol–water partition coefficient (Wildman–Crippen LogP) is 6.30. The van der Waals surface area contributed by atoms with Crippen molar-refractivity contribution in [3.63, 3.8) is 0 Å². The van der Waals surface area contributed by atoms with Crippen LogP contribution in [0.3, 0.4) is 0 Å². The summed E-state index contributed by atoms with van der Waals surface area (Å²) in [5.41, 5.74) is -3.30. The molecule has 1 aromatic carbocycles. The molecule has 2 rings (SSSR count). The summed E-state index contributed by atoms with van der Waals surface area (Å²) < 4.78 is 32.8. The van der Waals surface area contributed by atoms with Crippen molar-refractivity contribution in [3.8, 4) is 5.88 Å². The molecule has 0 saturated carbocycles. The van der Waals surface area contributed by atoms with Gasteiger partial charge in [0.1, 0.15) is 11.5 Å². The highest BCUT2D eigenvalue weighted by atomic mass is 16.7. The molecule has 0 aliphatic carbocycles. The monoisotopic (exact) mass is 619 g/mol. The maximum absolute atomic E-state index is 13.7. The number of rotatable bonds is 14. The van der Waals surface area contributed by atoms with Gasteiger partial charge in [0.25, 0.3) is 0 Å². The van der Waals surface area contributed by atoms with Gasteiger partial charge in [0.15, 0.2) is 5.41 Å². The van der Waals surface area contributed by atoms with Gasteiger partial charge in [-0.15, -0.1) is 0 Å². The van der Waals surface area contributed by atoms with Crippen LogP contribution in [0.1, 0.15) is 91.5 Å². The second kappa shape index (κ2) is 16.1. The number of para-hydroxylation sites is 1. The Morgan fingerprint density at radius 1 is 0.818 bits per heavy atom. The van der Waals surface area contributed by atoms with Gasteiger partial charge < -0.3 is 28.4 Å². The summed E-state index contributed by atoms with van der Waals surface area (Å²) in [6, 6.07) is 6.31. The van der Waals surface area contributed by atoms with E-state index in [0.29, 0.717) is 6.42 Å². The zero-order valence-corrected chi connectivity index (χ0v) is 27.0. The molecule has 0 fully saturated rings. The molecule has 1 heterocycles. The van der Waals surface area contributed by atoms with E-state index in [1.54, 1.807) is 45.9 Å². The first kappa shape index (κ1) is 36.1. The Balaban J connectivity index is 2.81. The maximum Gasteiger partial charge on any atom is 0.515 e. The zero-order valence-electron chi connectivity index (χ0n) is 27.0. The minimum atomic E-state index is -2.33. The highest BCUT2D eigenvalue weighted by Gasteiger charge is 2.57. The van der Waals surface area contributed by atoms with Crippen molar-refractivity contribution in [3.05, 3.63) is 29.8 Å². The normalized spacial score (nSPS) is 12.3. The summed E-state index contributed by atoms with van der Waals surface area (Å²) in [6.07, 6.45) is 3.63. The van der Waals surface area contributed by atoms with Crippen molar-refractivity contribution in [1.82, 2.24) is 4.57 Å². The Labute approximate surface area is 258 Å². The number of ether oxygens (including phenoxy) is 6. The van der Waals surface area contributed by atoms with E-state index in [1.807, 2.05) is 0 Å². The number of benzene rings is 1. The Bertz CT molecular complexity index is 1310. The largest absolute Gasteiger partial charge is 0.515 e. The molecule has 0 N–H and O–H groups in total. The van der Waals surface area contributed by atoms with Crippen LogP contribution in [0.15, 0.2) is 24.3 Å². The topological polar surface area (TPSA) is 146 Å². The summed E-state index contributed by atoms with van der Waals surface area (Å²) in [4.78, 5) is 66.9. The zero-order chi connectivity index (χ0) is 33.1. The Hall–Kier alpha value is -4.09. The van der Waals surface area contributed by atoms with Gasteiger partial charge in [-0.3, -0.25) is 14.4 Å². The molecular formula is C32H45NO11. The van der Waals surface area contributed by atoms with Gasteiger partial charge in [-0.25, -0.2) is 14.2 Å². The standard InChI is InChI=1S/C32H45NO11/c1-9-11-12-13-14-17-20-42-30(38)43-25-23(21-18-15-16-19-22(21)33(25)29(37)44-31(3,4)5)24(26(34)41-10-2)32(6,27(35)39-7)28(36)40-8/h15-16,18-19,24H,9-14,17,20H2,1-8H3/t24-/m0/s1. The number of unbranched alkanes of at least 4 members (excludes halogenated alkanes) is 5. The number of aromatic nitrogens is 1. The van der Waals surface area contributed by atoms with Crippen molar-refractivity contribution >= 4 is 41.1 Å². The van der Waals surface area contributed by atoms with Crippen LogP contribution in [0.25, 0.3) is 10.9 Å². The van der Waals surface area contributed by atoms with E-state index >= 15 is 0 Å². The lowest BCUT2D eigenvalue weighted by Gasteiger charge is -2.31. The summed E-state index contributed by atoms with van der Waals surface area (Å²) in [5, 5.41) is 0.203. The molecule has 44 heavy (non-hydrogen) atoms. The summed E-state index contributed by atoms with van der Waals surface area (Å²) in [5.74, 6) is -5.54. The van der Waals surface area contributed by atoms with Crippen molar-refractivity contribution in [1.29, 1.82) is 0 Å². The number of fused-ring (bicyclic) bond motifs is 1. The molecule has 0 spiro atoms. The van der Waals surface area contributed by atoms with E-state index in [-0.39, 0.29) is 29.7 Å². The molecule has 0 saturated heterocycles. The van der Waals surface area contributed by atoms with E-state index in [9.17, 15) is 24.0 Å². The highest BCUT2D eigenvalue weighted by Crippen LogP contribution is 2.48. The molecule has 1 atom stereocenters. The number of nitrogens with zero attached hydrogens (tertiary/aromatic N) is 1. The van der Waals surface area contributed by atoms with Crippen molar-refractivity contribution in [2.75, 3.05) is 27.4 Å². The van der Waals surface area contributed by atoms with Gasteiger partial charge in [-0.2, -0.15) is 0 Å². The minimum absolute atomic E-state index is 0.0519. The third-order valence-electron chi connectivity index (χ3n) is 6.95. The number of carbonyl (C=O) groups is 5. The fourth-order valence-corrected chi connectivity index (χ4v) is 4.87. The quantitative estimate of drug-likeness (QED) is 0.102. The number of carbonyl (C=O) groups excluding carboxylic acids is 5. The molecule has 0 bridgehead atoms. The lowest BCUT2D eigenvalue weighted by molar-refractivity contribution is -0.175. The van der Waals surface area contributed by atoms with Gasteiger partial charge in [-0.1, -0.05) is 57.2 Å². The van der Waals surface area contributed by atoms with Crippen LogP contribution in [0.5, 0.6) is 5.88 Å². The molecule has 2 aromatic rings. The Morgan fingerprint density at radius 3 is 1.98 bits per heavy atom. The Kier molecular flexibility index (Phi) is 13.2. The molecule has 12 nitrogen and oxygen atoms in total. The van der Waals surface area contributed by atoms with Crippen molar-refractivity contribution < 1.29 is 52.4 Å². The second-order valence-electron chi connectivity index (χ2n) is 11.4. The minimum Gasteiger partial charge on any atom is -0.468 e. The van der Waals surface area contributed by atoms with E-state index in [1.165, 1.54) is 6.07 Å². The summed E-state index contributed by atoms with van der Waals surface area (Å²) in [7, 11) is 2.10. The van der Waals surface area contributed by atoms with E-state index < -0.39 is 53.0 Å². The van der Waals surface area contributed by atoms with Gasteiger partial charge in [-0.05, 0) is 47.1 Å². The average molecular weight is 620 g/mol. The number of hydrogen-bond acceptors (Lipinski definition) is 11. The fraction of sp³-hybridized carbons (Fsp3) is 0.594. The van der Waals surface area contributed by atoms with Crippen LogP contribution in [-0.2, 0) is 38.1 Å². The molecule has 0 unspecified atom stereocenters. The maximum atomic E-state index is 13.7. The molecular weight excluding hydrogens is 574 g/mol. The smallest absolute Gasteiger partial charge is 0.468 e. The fourth-order valence-electron chi connectivity index (χ4n) is 4.87. The average Bonchev–Trinajstić information content (AvgIpc) is 3.28. The third kappa shape index (κ3) is 8.51. The van der Waals surface area contributed by atoms with Crippen molar-refractivity contribution in [2.24, 2.45) is 5.41 Å². The predicted molar refractivity (Wildman–Crippen MR) is 160 cm³/mol. The van der Waals surface area contributed by atoms with Crippen LogP contribution in [-0.4, -0.2) is 67.8 Å². The number of methoxy groups -OCH3 is 2. The van der Waals surface area contributed by atoms with Gasteiger partial charge in [0, 0.05) is 10.9 Å².